The van der Waals surface area contributed by atoms with E-state index in [1.807, 2.05) is 36.4 Å². The summed E-state index contributed by atoms with van der Waals surface area (Å²) in [6, 6.07) is 11.4. The Balaban J connectivity index is 2.31. The lowest BCUT2D eigenvalue weighted by molar-refractivity contribution is -0.137. The van der Waals surface area contributed by atoms with E-state index in [1.54, 1.807) is 0 Å². The van der Waals surface area contributed by atoms with Gasteiger partial charge in [-0.15, -0.1) is 0 Å². The number of ether oxygens (including phenoxy) is 1. The normalized spacial score (nSPS) is 20.9. The van der Waals surface area contributed by atoms with Gasteiger partial charge in [-0.25, -0.2) is 0 Å². The molecule has 2 N–H and O–H groups in total. The van der Waals surface area contributed by atoms with Gasteiger partial charge in [0.15, 0.2) is 0 Å². The first-order valence-electron chi connectivity index (χ1n) is 5.64. The SMILES string of the molecule is NC(=O)C1c2cccc3cccc(c23)C1OC=O. The molecule has 0 aliphatic heterocycles. The van der Waals surface area contributed by atoms with Crippen molar-refractivity contribution in [3.05, 3.63) is 47.5 Å². The molecule has 1 aliphatic carbocycles. The van der Waals surface area contributed by atoms with Crippen LogP contribution >= 0.6 is 0 Å². The molecule has 0 radical (unpaired) electrons. The number of benzene rings is 2. The van der Waals surface area contributed by atoms with Gasteiger partial charge in [0.2, 0.25) is 5.91 Å². The summed E-state index contributed by atoms with van der Waals surface area (Å²) in [5.74, 6) is -1.08. The Morgan fingerprint density at radius 2 is 1.83 bits per heavy atom. The summed E-state index contributed by atoms with van der Waals surface area (Å²) in [7, 11) is 0. The largest absolute Gasteiger partial charge is 0.458 e. The van der Waals surface area contributed by atoms with Crippen LogP contribution in [0.1, 0.15) is 23.1 Å². The standard InChI is InChI=1S/C14H11NO3/c15-14(17)12-9-5-1-3-8-4-2-6-10(11(8)9)13(12)18-7-16/h1-7,12-13H,(H2,15,17). The number of carbonyl (C=O) groups is 2. The molecule has 18 heavy (non-hydrogen) atoms. The summed E-state index contributed by atoms with van der Waals surface area (Å²) in [5, 5.41) is 1.99. The lowest BCUT2D eigenvalue weighted by atomic mass is 9.98. The van der Waals surface area contributed by atoms with Crippen molar-refractivity contribution in [3.8, 4) is 0 Å². The maximum atomic E-state index is 11.6. The third-order valence-corrected chi connectivity index (χ3v) is 3.42. The minimum absolute atomic E-state index is 0.366. The number of amides is 1. The smallest absolute Gasteiger partial charge is 0.293 e. The monoisotopic (exact) mass is 241 g/mol. The average molecular weight is 241 g/mol. The van der Waals surface area contributed by atoms with E-state index in [0.717, 1.165) is 21.9 Å². The van der Waals surface area contributed by atoms with Crippen LogP contribution in [0.15, 0.2) is 36.4 Å². The molecule has 1 amide bonds. The van der Waals surface area contributed by atoms with Crippen molar-refractivity contribution in [3.63, 3.8) is 0 Å². The van der Waals surface area contributed by atoms with Crippen LogP contribution in [-0.2, 0) is 14.3 Å². The summed E-state index contributed by atoms with van der Waals surface area (Å²) < 4.78 is 5.07. The summed E-state index contributed by atoms with van der Waals surface area (Å²) in [6.45, 7) is 0.366. The molecule has 4 heteroatoms. The van der Waals surface area contributed by atoms with Crippen LogP contribution in [0.5, 0.6) is 0 Å². The highest BCUT2D eigenvalue weighted by Crippen LogP contribution is 2.46. The van der Waals surface area contributed by atoms with Crippen molar-refractivity contribution in [1.29, 1.82) is 0 Å². The highest BCUT2D eigenvalue weighted by Gasteiger charge is 2.39. The molecule has 4 nitrogen and oxygen atoms in total. The third kappa shape index (κ3) is 1.32. The first kappa shape index (κ1) is 10.8. The Morgan fingerprint density at radius 3 is 2.44 bits per heavy atom. The molecule has 0 saturated heterocycles. The molecule has 0 bridgehead atoms. The van der Waals surface area contributed by atoms with E-state index in [2.05, 4.69) is 0 Å². The van der Waals surface area contributed by atoms with E-state index in [4.69, 9.17) is 10.5 Å². The quantitative estimate of drug-likeness (QED) is 0.830. The molecule has 2 atom stereocenters. The van der Waals surface area contributed by atoms with Crippen LogP contribution in [0.25, 0.3) is 10.8 Å². The van der Waals surface area contributed by atoms with Crippen LogP contribution in [-0.4, -0.2) is 12.4 Å². The Hall–Kier alpha value is -2.36. The van der Waals surface area contributed by atoms with E-state index in [1.165, 1.54) is 0 Å². The zero-order chi connectivity index (χ0) is 12.7. The van der Waals surface area contributed by atoms with Crippen LogP contribution in [0.3, 0.4) is 0 Å². The van der Waals surface area contributed by atoms with Gasteiger partial charge in [0.1, 0.15) is 12.0 Å². The van der Waals surface area contributed by atoms with Crippen LogP contribution in [0, 0.1) is 0 Å². The summed E-state index contributed by atoms with van der Waals surface area (Å²) >= 11 is 0. The highest BCUT2D eigenvalue weighted by atomic mass is 16.5. The van der Waals surface area contributed by atoms with Gasteiger partial charge in [0.25, 0.3) is 6.47 Å². The zero-order valence-corrected chi connectivity index (χ0v) is 9.50. The number of primary amides is 1. The second-order valence-corrected chi connectivity index (χ2v) is 4.33. The molecular weight excluding hydrogens is 230 g/mol. The predicted molar refractivity (Wildman–Crippen MR) is 65.8 cm³/mol. The van der Waals surface area contributed by atoms with Crippen LogP contribution in [0.4, 0.5) is 0 Å². The maximum Gasteiger partial charge on any atom is 0.293 e. The lowest BCUT2D eigenvalue weighted by Crippen LogP contribution is -2.25. The van der Waals surface area contributed by atoms with E-state index < -0.39 is 17.9 Å². The Bertz CT molecular complexity index is 645. The molecule has 0 spiro atoms. The fourth-order valence-corrected chi connectivity index (χ4v) is 2.75. The van der Waals surface area contributed by atoms with E-state index in [9.17, 15) is 9.59 Å². The van der Waals surface area contributed by atoms with Crippen molar-refractivity contribution in [1.82, 2.24) is 0 Å². The van der Waals surface area contributed by atoms with Crippen molar-refractivity contribution >= 4 is 23.2 Å². The lowest BCUT2D eigenvalue weighted by Gasteiger charge is -2.16. The van der Waals surface area contributed by atoms with Crippen molar-refractivity contribution < 1.29 is 14.3 Å². The number of carbonyl (C=O) groups excluding carboxylic acids is 2. The van der Waals surface area contributed by atoms with E-state index in [0.29, 0.717) is 6.47 Å². The van der Waals surface area contributed by atoms with Crippen molar-refractivity contribution in [2.24, 2.45) is 5.73 Å². The Kier molecular flexibility index (Phi) is 2.30. The molecule has 0 saturated carbocycles. The van der Waals surface area contributed by atoms with Gasteiger partial charge in [-0.2, -0.15) is 0 Å². The summed E-state index contributed by atoms with van der Waals surface area (Å²) in [6.07, 6.45) is -0.610. The van der Waals surface area contributed by atoms with E-state index >= 15 is 0 Å². The van der Waals surface area contributed by atoms with Crippen LogP contribution in [0.2, 0.25) is 0 Å². The van der Waals surface area contributed by atoms with E-state index in [-0.39, 0.29) is 0 Å². The second-order valence-electron chi connectivity index (χ2n) is 4.33. The molecule has 0 heterocycles. The minimum Gasteiger partial charge on any atom is -0.458 e. The molecule has 2 aromatic carbocycles. The van der Waals surface area contributed by atoms with Crippen molar-refractivity contribution in [2.75, 3.05) is 0 Å². The number of nitrogens with two attached hydrogens (primary N) is 1. The van der Waals surface area contributed by atoms with Crippen LogP contribution < -0.4 is 5.73 Å². The zero-order valence-electron chi connectivity index (χ0n) is 9.50. The average Bonchev–Trinajstić information content (AvgIpc) is 2.67. The highest BCUT2D eigenvalue weighted by molar-refractivity contribution is 5.98. The third-order valence-electron chi connectivity index (χ3n) is 3.42. The summed E-state index contributed by atoms with van der Waals surface area (Å²) in [5.41, 5.74) is 7.12. The van der Waals surface area contributed by atoms with Gasteiger partial charge >= 0.3 is 0 Å². The molecule has 2 aromatic rings. The summed E-state index contributed by atoms with van der Waals surface area (Å²) in [4.78, 5) is 22.2. The van der Waals surface area contributed by atoms with Gasteiger partial charge in [0.05, 0.1) is 0 Å². The van der Waals surface area contributed by atoms with Gasteiger partial charge in [0, 0.05) is 5.56 Å². The maximum absolute atomic E-state index is 11.6. The van der Waals surface area contributed by atoms with Crippen molar-refractivity contribution in [2.45, 2.75) is 12.0 Å². The first-order chi connectivity index (χ1) is 8.74. The first-order valence-corrected chi connectivity index (χ1v) is 5.64. The molecular formula is C14H11NO3. The molecule has 1 aliphatic rings. The fraction of sp³-hybridized carbons (Fsp3) is 0.143. The number of rotatable bonds is 3. The predicted octanol–water partition coefficient (Wildman–Crippen LogP) is 1.64. The molecule has 3 rings (SSSR count). The van der Waals surface area contributed by atoms with Gasteiger partial charge in [-0.1, -0.05) is 36.4 Å². The fourth-order valence-electron chi connectivity index (χ4n) is 2.75. The van der Waals surface area contributed by atoms with Gasteiger partial charge in [-0.05, 0) is 16.3 Å². The van der Waals surface area contributed by atoms with Gasteiger partial charge in [-0.3, -0.25) is 9.59 Å². The molecule has 0 aromatic heterocycles. The Labute approximate surface area is 103 Å². The topological polar surface area (TPSA) is 69.4 Å². The Morgan fingerprint density at radius 1 is 1.17 bits per heavy atom. The second kappa shape index (κ2) is 3.84. The minimum atomic E-state index is -0.610. The number of hydrogen-bond donors (Lipinski definition) is 1. The molecule has 0 fully saturated rings. The van der Waals surface area contributed by atoms with Gasteiger partial charge < -0.3 is 10.5 Å². The molecule has 2 unspecified atom stereocenters. The number of hydrogen-bond acceptors (Lipinski definition) is 3. The molecule has 90 valence electrons.